The molecule has 0 radical (unpaired) electrons. The molecule has 3 aromatic rings. The number of nitrogens with one attached hydrogen (secondary N) is 1. The number of hydrogen-bond donors (Lipinski definition) is 2. The smallest absolute Gasteiger partial charge is 0.170 e. The maximum absolute atomic E-state index is 9.58. The van der Waals surface area contributed by atoms with Crippen molar-refractivity contribution >= 4 is 33.3 Å². The third kappa shape index (κ3) is 3.50. The Hall–Kier alpha value is -2.22. The average molecular weight is 443 g/mol. The molecule has 0 bridgehead atoms. The lowest BCUT2D eigenvalue weighted by Crippen LogP contribution is -2.32. The van der Waals surface area contributed by atoms with Crippen LogP contribution in [0.15, 0.2) is 71.5 Å². The second-order valence-electron chi connectivity index (χ2n) is 6.32. The molecule has 2 aromatic heterocycles. The average Bonchev–Trinajstić information content (AvgIpc) is 3.28. The van der Waals surface area contributed by atoms with Gasteiger partial charge in [0.15, 0.2) is 5.11 Å². The van der Waals surface area contributed by atoms with Gasteiger partial charge in [-0.25, -0.2) is 0 Å². The van der Waals surface area contributed by atoms with Crippen molar-refractivity contribution in [2.45, 2.75) is 12.1 Å². The van der Waals surface area contributed by atoms with E-state index >= 15 is 0 Å². The molecular formula is C20H19BrN4OS. The number of benzene rings is 1. The minimum Gasteiger partial charge on any atom is -0.395 e. The molecule has 0 saturated carbocycles. The van der Waals surface area contributed by atoms with E-state index < -0.39 is 0 Å². The first-order valence-electron chi connectivity index (χ1n) is 8.71. The van der Waals surface area contributed by atoms with Crippen LogP contribution in [0, 0.1) is 0 Å². The number of hydrogen-bond acceptors (Lipinski definition) is 3. The molecular weight excluding hydrogens is 424 g/mol. The van der Waals surface area contributed by atoms with Gasteiger partial charge in [0, 0.05) is 34.8 Å². The minimum atomic E-state index is -0.0886. The second-order valence-corrected chi connectivity index (χ2v) is 7.63. The molecule has 1 aromatic carbocycles. The number of pyridine rings is 1. The molecule has 0 aliphatic carbocycles. The van der Waals surface area contributed by atoms with E-state index in [0.717, 1.165) is 21.5 Å². The number of halogens is 1. The van der Waals surface area contributed by atoms with E-state index in [1.54, 1.807) is 6.20 Å². The first kappa shape index (κ1) is 18.2. The lowest BCUT2D eigenvalue weighted by atomic mass is 10.0. The van der Waals surface area contributed by atoms with Crippen molar-refractivity contribution in [2.75, 3.05) is 13.2 Å². The van der Waals surface area contributed by atoms with Crippen LogP contribution in [-0.2, 0) is 0 Å². The molecule has 0 spiro atoms. The van der Waals surface area contributed by atoms with Gasteiger partial charge < -0.3 is 19.9 Å². The Kier molecular flexibility index (Phi) is 5.24. The molecule has 7 heteroatoms. The quantitative estimate of drug-likeness (QED) is 0.591. The fourth-order valence-electron chi connectivity index (χ4n) is 3.55. The van der Waals surface area contributed by atoms with Crippen LogP contribution in [0.25, 0.3) is 5.69 Å². The van der Waals surface area contributed by atoms with Crippen LogP contribution in [0.2, 0.25) is 0 Å². The minimum absolute atomic E-state index is 0.0340. The van der Waals surface area contributed by atoms with Crippen LogP contribution < -0.4 is 5.32 Å². The zero-order valence-corrected chi connectivity index (χ0v) is 16.9. The number of thiocarbonyl (C=S) groups is 1. The fraction of sp³-hybridized carbons (Fsp3) is 0.200. The number of rotatable bonds is 5. The highest BCUT2D eigenvalue weighted by Crippen LogP contribution is 2.39. The third-order valence-electron chi connectivity index (χ3n) is 4.73. The normalized spacial score (nSPS) is 19.3. The van der Waals surface area contributed by atoms with Crippen LogP contribution in [0.5, 0.6) is 0 Å². The zero-order valence-electron chi connectivity index (χ0n) is 14.5. The number of aromatic nitrogens is 2. The van der Waals surface area contributed by atoms with Gasteiger partial charge in [-0.15, -0.1) is 0 Å². The van der Waals surface area contributed by atoms with E-state index in [1.165, 1.54) is 0 Å². The third-order valence-corrected chi connectivity index (χ3v) is 5.61. The van der Waals surface area contributed by atoms with Gasteiger partial charge in [-0.05, 0) is 60.7 Å². The predicted octanol–water partition coefficient (Wildman–Crippen LogP) is 3.60. The van der Waals surface area contributed by atoms with E-state index in [1.807, 2.05) is 47.5 Å². The summed E-state index contributed by atoms with van der Waals surface area (Å²) >= 11 is 9.06. The van der Waals surface area contributed by atoms with E-state index in [4.69, 9.17) is 12.2 Å². The van der Waals surface area contributed by atoms with Gasteiger partial charge in [0.05, 0.1) is 24.4 Å². The number of aliphatic hydroxyl groups is 1. The largest absolute Gasteiger partial charge is 0.395 e. The Morgan fingerprint density at radius 2 is 1.93 bits per heavy atom. The summed E-state index contributed by atoms with van der Waals surface area (Å²) in [6, 6.07) is 18.1. The van der Waals surface area contributed by atoms with Crippen molar-refractivity contribution in [1.82, 2.24) is 19.8 Å². The lowest BCUT2D eigenvalue weighted by molar-refractivity contribution is 0.220. The summed E-state index contributed by atoms with van der Waals surface area (Å²) < 4.78 is 3.20. The Balaban J connectivity index is 1.80. The first-order chi connectivity index (χ1) is 13.2. The first-order valence-corrected chi connectivity index (χ1v) is 9.91. The number of β-amino-alcohol motifs (C(OH)–C–C–N with tert-alkyl or cyclic N) is 1. The van der Waals surface area contributed by atoms with E-state index in [2.05, 4.69) is 49.0 Å². The number of aliphatic hydroxyl groups excluding tert-OH is 1. The van der Waals surface area contributed by atoms with Crippen molar-refractivity contribution in [3.05, 3.63) is 82.9 Å². The summed E-state index contributed by atoms with van der Waals surface area (Å²) in [5.74, 6) is 0. The van der Waals surface area contributed by atoms with Crippen LogP contribution in [-0.4, -0.2) is 37.8 Å². The van der Waals surface area contributed by atoms with Gasteiger partial charge in [-0.3, -0.25) is 4.98 Å². The summed E-state index contributed by atoms with van der Waals surface area (Å²) in [6.45, 7) is 0.498. The van der Waals surface area contributed by atoms with Crippen LogP contribution in [0.4, 0.5) is 0 Å². The molecule has 138 valence electrons. The Morgan fingerprint density at radius 3 is 2.63 bits per heavy atom. The van der Waals surface area contributed by atoms with Gasteiger partial charge in [0.25, 0.3) is 0 Å². The van der Waals surface area contributed by atoms with Crippen LogP contribution in [0.1, 0.15) is 23.5 Å². The summed E-state index contributed by atoms with van der Waals surface area (Å²) in [5.41, 5.74) is 3.09. The highest BCUT2D eigenvalue weighted by molar-refractivity contribution is 9.10. The van der Waals surface area contributed by atoms with Crippen molar-refractivity contribution in [3.63, 3.8) is 0 Å². The van der Waals surface area contributed by atoms with Crippen molar-refractivity contribution < 1.29 is 5.11 Å². The topological polar surface area (TPSA) is 53.3 Å². The Bertz CT molecular complexity index is 929. The van der Waals surface area contributed by atoms with Crippen LogP contribution in [0.3, 0.4) is 0 Å². The predicted molar refractivity (Wildman–Crippen MR) is 113 cm³/mol. The molecule has 5 nitrogen and oxygen atoms in total. The van der Waals surface area contributed by atoms with E-state index in [-0.39, 0.29) is 18.7 Å². The molecule has 1 saturated heterocycles. The number of nitrogens with zero attached hydrogens (tertiary/aromatic N) is 3. The molecule has 0 unspecified atom stereocenters. The van der Waals surface area contributed by atoms with Crippen LogP contribution >= 0.6 is 28.1 Å². The summed E-state index contributed by atoms with van der Waals surface area (Å²) in [5, 5.41) is 13.6. The molecule has 2 atom stereocenters. The fourth-order valence-corrected chi connectivity index (χ4v) is 4.14. The maximum Gasteiger partial charge on any atom is 0.170 e. The van der Waals surface area contributed by atoms with Gasteiger partial charge in [0.1, 0.15) is 0 Å². The van der Waals surface area contributed by atoms with Crippen molar-refractivity contribution in [2.24, 2.45) is 0 Å². The second kappa shape index (κ2) is 7.80. The molecule has 1 aliphatic rings. The molecule has 1 aliphatic heterocycles. The molecule has 1 fully saturated rings. The maximum atomic E-state index is 9.58. The summed E-state index contributed by atoms with van der Waals surface area (Å²) in [7, 11) is 0. The SMILES string of the molecule is OCCN1C(=S)N[C@@H](c2ccccn2)[C@@H]1c1cccn1-c1ccc(Br)cc1. The van der Waals surface area contributed by atoms with Crippen molar-refractivity contribution in [3.8, 4) is 5.69 Å². The zero-order chi connectivity index (χ0) is 18.8. The Labute approximate surface area is 171 Å². The van der Waals surface area contributed by atoms with E-state index in [9.17, 15) is 5.11 Å². The highest BCUT2D eigenvalue weighted by Gasteiger charge is 2.40. The van der Waals surface area contributed by atoms with Crippen molar-refractivity contribution in [1.29, 1.82) is 0 Å². The standard InChI is InChI=1S/C20H19BrN4OS/c21-14-6-8-15(9-7-14)24-11-3-5-17(24)19-18(16-4-1-2-10-22-16)23-20(27)25(19)12-13-26/h1-11,18-19,26H,12-13H2,(H,23,27)/t18-,19-/m0/s1. The van der Waals surface area contributed by atoms with E-state index in [0.29, 0.717) is 11.7 Å². The summed E-state index contributed by atoms with van der Waals surface area (Å²) in [6.07, 6.45) is 3.84. The summed E-state index contributed by atoms with van der Waals surface area (Å²) in [4.78, 5) is 6.58. The van der Waals surface area contributed by atoms with Gasteiger partial charge >= 0.3 is 0 Å². The monoisotopic (exact) mass is 442 g/mol. The lowest BCUT2D eigenvalue weighted by Gasteiger charge is -2.28. The molecule has 2 N–H and O–H groups in total. The molecule has 0 amide bonds. The highest BCUT2D eigenvalue weighted by atomic mass is 79.9. The van der Waals surface area contributed by atoms with Gasteiger partial charge in [0.2, 0.25) is 0 Å². The van der Waals surface area contributed by atoms with Gasteiger partial charge in [-0.2, -0.15) is 0 Å². The molecule has 3 heterocycles. The molecule has 4 rings (SSSR count). The van der Waals surface area contributed by atoms with Gasteiger partial charge in [-0.1, -0.05) is 22.0 Å². The Morgan fingerprint density at radius 1 is 1.11 bits per heavy atom. The molecule has 27 heavy (non-hydrogen) atoms.